The van der Waals surface area contributed by atoms with Crippen molar-refractivity contribution in [2.24, 2.45) is 10.8 Å². The zero-order valence-electron chi connectivity index (χ0n) is 26.7. The fraction of sp³-hybridized carbons (Fsp3) is 0.235. The molecule has 0 spiro atoms. The second-order valence-corrected chi connectivity index (χ2v) is 12.1. The summed E-state index contributed by atoms with van der Waals surface area (Å²) in [5, 5.41) is 5.71. The van der Waals surface area contributed by atoms with E-state index in [2.05, 4.69) is 21.1 Å². The van der Waals surface area contributed by atoms with Gasteiger partial charge in [0.05, 0.1) is 30.5 Å². The van der Waals surface area contributed by atoms with E-state index >= 15 is 8.78 Å². The Balaban J connectivity index is 1.76. The molecule has 2 aromatic heterocycles. The number of hydrogen-bond acceptors (Lipinski definition) is 7. The number of aromatic nitrogens is 2. The predicted molar refractivity (Wildman–Crippen MR) is 187 cm³/mol. The molecule has 5 aromatic rings. The van der Waals surface area contributed by atoms with Crippen molar-refractivity contribution in [1.29, 1.82) is 0 Å². The fourth-order valence-corrected chi connectivity index (χ4v) is 6.59. The van der Waals surface area contributed by atoms with Crippen LogP contribution in [0.1, 0.15) is 23.6 Å². The van der Waals surface area contributed by atoms with Crippen LogP contribution in [0.3, 0.4) is 0 Å². The number of amides is 2. The van der Waals surface area contributed by atoms with E-state index in [0.717, 1.165) is 27.8 Å². The number of aryl methyl sites for hydroxylation is 1. The fourth-order valence-electron chi connectivity index (χ4n) is 5.29. The van der Waals surface area contributed by atoms with Crippen LogP contribution >= 0.6 is 11.3 Å². The van der Waals surface area contributed by atoms with Crippen LogP contribution in [0.2, 0.25) is 0 Å². The molecule has 5 N–H and O–H groups in total. The average Bonchev–Trinajstić information content (AvgIpc) is 3.43. The third-order valence-corrected chi connectivity index (χ3v) is 8.99. The number of rotatable bonds is 12. The maximum atomic E-state index is 15.0. The molecule has 0 saturated carbocycles. The molecule has 0 aliphatic heterocycles. The highest BCUT2D eigenvalue weighted by Crippen LogP contribution is 2.38. The zero-order valence-corrected chi connectivity index (χ0v) is 27.5. The largest absolute Gasteiger partial charge is 0.338 e. The number of likely N-dealkylation sites (N-methyl/N-ethyl adjacent to an activating group) is 1. The minimum absolute atomic E-state index is 0.260. The summed E-state index contributed by atoms with van der Waals surface area (Å²) < 4.78 is 32.3. The minimum Gasteiger partial charge on any atom is -0.338 e. The average molecular weight is 675 g/mol. The monoisotopic (exact) mass is 674 g/mol. The second kappa shape index (κ2) is 15.2. The van der Waals surface area contributed by atoms with Crippen LogP contribution < -0.4 is 33.2 Å². The number of halogens is 2. The summed E-state index contributed by atoms with van der Waals surface area (Å²) in [5.74, 6) is 3.68. The molecule has 0 aliphatic carbocycles. The van der Waals surface area contributed by atoms with Gasteiger partial charge in [-0.2, -0.15) is 0 Å². The van der Waals surface area contributed by atoms with Crippen LogP contribution in [0.25, 0.3) is 26.3 Å². The summed E-state index contributed by atoms with van der Waals surface area (Å²) in [6.45, 7) is 4.95. The molecule has 0 atom stereocenters. The van der Waals surface area contributed by atoms with Crippen molar-refractivity contribution in [2.45, 2.75) is 26.9 Å². The second-order valence-electron chi connectivity index (χ2n) is 11.1. The number of nitrogens with zero attached hydrogens (tertiary/aromatic N) is 4. The van der Waals surface area contributed by atoms with Gasteiger partial charge in [0.15, 0.2) is 0 Å². The molecule has 250 valence electrons. The highest BCUT2D eigenvalue weighted by Gasteiger charge is 2.25. The molecule has 0 fully saturated rings. The van der Waals surface area contributed by atoms with Gasteiger partial charge in [-0.1, -0.05) is 35.9 Å². The van der Waals surface area contributed by atoms with E-state index in [0.29, 0.717) is 41.4 Å². The summed E-state index contributed by atoms with van der Waals surface area (Å²) in [5.41, 5.74) is 3.98. The summed E-state index contributed by atoms with van der Waals surface area (Å²) in [7, 11) is 1.88. The molecule has 0 saturated heterocycles. The molecule has 2 amide bonds. The number of nitrogens with one attached hydrogen (secondary N) is 3. The number of thiophene rings is 1. The number of hydrazine groups is 1. The zero-order chi connectivity index (χ0) is 34.4. The standard InChI is InChI=1S/C34H36F2N8O3S/c1-4-39-33(46)41-23-12-10-22(11-13-23)30-26(18-42(3)17-16-38-20-40-37)29-31(45)44(24-14-8-21(2)9-15-24)34(47)43(32(29)48-30)19-25-27(35)6-5-7-28(25)36/h5-15,20H,4,16-19,37H2,1-3H3,(H,38,40)(H2,39,41,46). The molecule has 0 unspecified atom stereocenters. The Labute approximate surface area is 279 Å². The van der Waals surface area contributed by atoms with Crippen LogP contribution in [0.15, 0.2) is 81.3 Å². The van der Waals surface area contributed by atoms with Crippen molar-refractivity contribution in [3.8, 4) is 16.1 Å². The van der Waals surface area contributed by atoms with Gasteiger partial charge < -0.3 is 21.0 Å². The van der Waals surface area contributed by atoms with Gasteiger partial charge in [-0.3, -0.25) is 14.4 Å². The topological polar surface area (TPSA) is 139 Å². The number of aliphatic imine (C=N–C) groups is 1. The SMILES string of the molecule is CCNC(=O)Nc1ccc(-c2sc3c(c2CN(C)CCN=CNN)c(=O)n(-c2ccc(C)cc2)c(=O)n3Cc2c(F)cccc2F)cc1. The van der Waals surface area contributed by atoms with E-state index in [1.165, 1.54) is 28.3 Å². The third-order valence-electron chi connectivity index (χ3n) is 7.69. The number of urea groups is 1. The van der Waals surface area contributed by atoms with Crippen molar-refractivity contribution < 1.29 is 13.6 Å². The van der Waals surface area contributed by atoms with Crippen LogP contribution in [-0.2, 0) is 13.1 Å². The molecule has 2 heterocycles. The lowest BCUT2D eigenvalue weighted by atomic mass is 10.1. The Morgan fingerprint density at radius 1 is 1.02 bits per heavy atom. The Morgan fingerprint density at radius 3 is 2.35 bits per heavy atom. The van der Waals surface area contributed by atoms with Gasteiger partial charge in [0.25, 0.3) is 5.56 Å². The molecule has 48 heavy (non-hydrogen) atoms. The summed E-state index contributed by atoms with van der Waals surface area (Å²) in [6, 6.07) is 17.2. The van der Waals surface area contributed by atoms with Crippen LogP contribution in [0.5, 0.6) is 0 Å². The highest BCUT2D eigenvalue weighted by atomic mass is 32.1. The van der Waals surface area contributed by atoms with E-state index < -0.39 is 29.4 Å². The van der Waals surface area contributed by atoms with Crippen molar-refractivity contribution in [3.63, 3.8) is 0 Å². The molecule has 3 aromatic carbocycles. The number of carbonyl (C=O) groups is 1. The smallest absolute Gasteiger partial charge is 0.337 e. The molecule has 0 radical (unpaired) electrons. The third kappa shape index (κ3) is 7.35. The van der Waals surface area contributed by atoms with Gasteiger partial charge in [0.2, 0.25) is 0 Å². The predicted octanol–water partition coefficient (Wildman–Crippen LogP) is 4.58. The maximum Gasteiger partial charge on any atom is 0.337 e. The van der Waals surface area contributed by atoms with E-state index in [-0.39, 0.29) is 28.4 Å². The molecule has 14 heteroatoms. The first-order chi connectivity index (χ1) is 23.1. The van der Waals surface area contributed by atoms with Gasteiger partial charge >= 0.3 is 11.7 Å². The maximum absolute atomic E-state index is 15.0. The number of nitrogens with two attached hydrogens (primary N) is 1. The number of anilines is 1. The Bertz CT molecular complexity index is 2050. The summed E-state index contributed by atoms with van der Waals surface area (Å²) >= 11 is 1.19. The van der Waals surface area contributed by atoms with Crippen molar-refractivity contribution in [2.75, 3.05) is 32.0 Å². The Hall–Kier alpha value is -5.18. The molecular formula is C34H36F2N8O3S. The molecular weight excluding hydrogens is 638 g/mol. The van der Waals surface area contributed by atoms with Crippen LogP contribution in [0.4, 0.5) is 19.3 Å². The number of hydrogen-bond donors (Lipinski definition) is 4. The van der Waals surface area contributed by atoms with E-state index in [1.54, 1.807) is 36.4 Å². The van der Waals surface area contributed by atoms with Gasteiger partial charge in [0.1, 0.15) is 16.5 Å². The van der Waals surface area contributed by atoms with Gasteiger partial charge in [-0.05, 0) is 68.4 Å². The van der Waals surface area contributed by atoms with Gasteiger partial charge in [-0.25, -0.2) is 28.8 Å². The molecule has 5 rings (SSSR count). The van der Waals surface area contributed by atoms with E-state index in [1.807, 2.05) is 37.9 Å². The first-order valence-corrected chi connectivity index (χ1v) is 16.0. The molecule has 11 nitrogen and oxygen atoms in total. The minimum atomic E-state index is -0.803. The molecule has 0 aliphatic rings. The van der Waals surface area contributed by atoms with Crippen molar-refractivity contribution in [3.05, 3.63) is 116 Å². The summed E-state index contributed by atoms with van der Waals surface area (Å²) in [6.07, 6.45) is 1.39. The normalized spacial score (nSPS) is 11.5. The highest BCUT2D eigenvalue weighted by molar-refractivity contribution is 7.22. The first-order valence-electron chi connectivity index (χ1n) is 15.2. The van der Waals surface area contributed by atoms with E-state index in [9.17, 15) is 14.4 Å². The first kappa shape index (κ1) is 34.2. The lowest BCUT2D eigenvalue weighted by Gasteiger charge is -2.17. The molecule has 0 bridgehead atoms. The van der Waals surface area contributed by atoms with E-state index in [4.69, 9.17) is 5.84 Å². The summed E-state index contributed by atoms with van der Waals surface area (Å²) in [4.78, 5) is 47.9. The van der Waals surface area contributed by atoms with Gasteiger partial charge in [-0.15, -0.1) is 11.3 Å². The van der Waals surface area contributed by atoms with Gasteiger partial charge in [0, 0.05) is 35.8 Å². The van der Waals surface area contributed by atoms with Crippen LogP contribution in [0, 0.1) is 18.6 Å². The quantitative estimate of drug-likeness (QED) is 0.0662. The number of benzene rings is 3. The van der Waals surface area contributed by atoms with Crippen molar-refractivity contribution >= 4 is 39.6 Å². The van der Waals surface area contributed by atoms with Crippen molar-refractivity contribution in [1.82, 2.24) is 24.8 Å². The Kier molecular flexibility index (Phi) is 10.8. The number of fused-ring (bicyclic) bond motifs is 1. The Morgan fingerprint density at radius 2 is 1.71 bits per heavy atom. The lowest BCUT2D eigenvalue weighted by Crippen LogP contribution is -2.39. The van der Waals surface area contributed by atoms with Crippen LogP contribution in [-0.4, -0.2) is 53.1 Å². The lowest BCUT2D eigenvalue weighted by molar-refractivity contribution is 0.252. The number of carbonyl (C=O) groups excluding carboxylic acids is 1.